The second kappa shape index (κ2) is 5.57. The Balaban J connectivity index is 2.47. The highest BCUT2D eigenvalue weighted by molar-refractivity contribution is 4.85. The van der Waals surface area contributed by atoms with Gasteiger partial charge in [-0.25, -0.2) is 0 Å². The molecule has 0 bridgehead atoms. The monoisotopic (exact) mass is 252 g/mol. The van der Waals surface area contributed by atoms with Crippen LogP contribution in [0.3, 0.4) is 0 Å². The molecule has 1 atom stereocenters. The van der Waals surface area contributed by atoms with Crippen LogP contribution >= 0.6 is 0 Å². The van der Waals surface area contributed by atoms with Crippen molar-refractivity contribution in [2.75, 3.05) is 33.2 Å². The molecule has 0 radical (unpaired) electrons. The number of nitrogens with one attached hydrogen (secondary N) is 1. The van der Waals surface area contributed by atoms with E-state index in [9.17, 15) is 13.2 Å². The van der Waals surface area contributed by atoms with E-state index in [1.807, 2.05) is 0 Å². The predicted octanol–water partition coefficient (Wildman–Crippen LogP) is 2.51. The van der Waals surface area contributed by atoms with Gasteiger partial charge in [-0.2, -0.15) is 13.2 Å². The third kappa shape index (κ3) is 5.25. The summed E-state index contributed by atoms with van der Waals surface area (Å²) in [5, 5.41) is 3.32. The molecule has 0 saturated carbocycles. The zero-order valence-electron chi connectivity index (χ0n) is 10.9. The van der Waals surface area contributed by atoms with Crippen molar-refractivity contribution in [3.63, 3.8) is 0 Å². The van der Waals surface area contributed by atoms with Crippen molar-refractivity contribution in [1.82, 2.24) is 10.2 Å². The number of piperidine rings is 1. The van der Waals surface area contributed by atoms with Crippen LogP contribution in [0.2, 0.25) is 0 Å². The lowest BCUT2D eigenvalue weighted by atomic mass is 9.74. The SMILES string of the molecule is CN(CC(F)(F)F)CC(C)(C)C1CCCNC1. The lowest BCUT2D eigenvalue weighted by Gasteiger charge is -2.40. The number of nitrogens with zero attached hydrogens (tertiary/aromatic N) is 1. The van der Waals surface area contributed by atoms with Gasteiger partial charge in [0.1, 0.15) is 0 Å². The molecule has 0 aromatic rings. The van der Waals surface area contributed by atoms with E-state index in [2.05, 4.69) is 19.2 Å². The molecule has 0 aromatic carbocycles. The Morgan fingerprint density at radius 1 is 1.24 bits per heavy atom. The van der Waals surface area contributed by atoms with Gasteiger partial charge >= 0.3 is 6.18 Å². The first kappa shape index (κ1) is 14.8. The standard InChI is InChI=1S/C12H23F3N2/c1-11(2,10-5-4-6-16-7-10)8-17(3)9-12(13,14)15/h10,16H,4-9H2,1-3H3. The van der Waals surface area contributed by atoms with Crippen LogP contribution in [0.4, 0.5) is 13.2 Å². The Labute approximate surface area is 102 Å². The van der Waals surface area contributed by atoms with E-state index in [1.165, 1.54) is 4.90 Å². The molecule has 5 heteroatoms. The Hall–Kier alpha value is -0.290. The van der Waals surface area contributed by atoms with Crippen molar-refractivity contribution in [2.45, 2.75) is 32.9 Å². The Kier molecular flexibility index (Phi) is 4.84. The Morgan fingerprint density at radius 2 is 1.88 bits per heavy atom. The van der Waals surface area contributed by atoms with Crippen LogP contribution in [0.25, 0.3) is 0 Å². The van der Waals surface area contributed by atoms with Crippen LogP contribution in [0.1, 0.15) is 26.7 Å². The molecule has 1 N–H and O–H groups in total. The average molecular weight is 252 g/mol. The van der Waals surface area contributed by atoms with Gasteiger partial charge in [-0.3, -0.25) is 4.90 Å². The summed E-state index contributed by atoms with van der Waals surface area (Å²) < 4.78 is 36.8. The van der Waals surface area contributed by atoms with Gasteiger partial charge in [0, 0.05) is 6.54 Å². The summed E-state index contributed by atoms with van der Waals surface area (Å²) in [6.07, 6.45) is -1.87. The van der Waals surface area contributed by atoms with Gasteiger partial charge in [0.05, 0.1) is 6.54 Å². The molecule has 1 aliphatic rings. The number of hydrogen-bond acceptors (Lipinski definition) is 2. The average Bonchev–Trinajstić information content (AvgIpc) is 2.15. The molecule has 0 aliphatic carbocycles. The zero-order valence-corrected chi connectivity index (χ0v) is 10.9. The summed E-state index contributed by atoms with van der Waals surface area (Å²) in [6, 6.07) is 0. The fourth-order valence-electron chi connectivity index (χ4n) is 2.71. The molecule has 102 valence electrons. The van der Waals surface area contributed by atoms with E-state index in [0.717, 1.165) is 25.9 Å². The maximum Gasteiger partial charge on any atom is 0.401 e. The second-order valence-corrected chi connectivity index (χ2v) is 5.82. The minimum Gasteiger partial charge on any atom is -0.316 e. The van der Waals surface area contributed by atoms with E-state index >= 15 is 0 Å². The van der Waals surface area contributed by atoms with E-state index in [-0.39, 0.29) is 5.41 Å². The van der Waals surface area contributed by atoms with Crippen LogP contribution in [0.5, 0.6) is 0 Å². The largest absolute Gasteiger partial charge is 0.401 e. The minimum absolute atomic E-state index is 0.0760. The van der Waals surface area contributed by atoms with Crippen LogP contribution in [-0.2, 0) is 0 Å². The first-order valence-electron chi connectivity index (χ1n) is 6.17. The fraction of sp³-hybridized carbons (Fsp3) is 1.00. The summed E-state index contributed by atoms with van der Waals surface area (Å²) in [7, 11) is 1.55. The summed E-state index contributed by atoms with van der Waals surface area (Å²) in [5.74, 6) is 0.465. The van der Waals surface area contributed by atoms with Gasteiger partial charge in [0.2, 0.25) is 0 Å². The van der Waals surface area contributed by atoms with Crippen LogP contribution < -0.4 is 5.32 Å². The third-order valence-electron chi connectivity index (χ3n) is 3.53. The van der Waals surface area contributed by atoms with Gasteiger partial charge in [0.15, 0.2) is 0 Å². The molecule has 1 unspecified atom stereocenters. The molecule has 1 rings (SSSR count). The second-order valence-electron chi connectivity index (χ2n) is 5.82. The molecule has 1 aliphatic heterocycles. The van der Waals surface area contributed by atoms with Gasteiger partial charge in [-0.1, -0.05) is 13.8 Å². The summed E-state index contributed by atoms with van der Waals surface area (Å²) in [6.45, 7) is 5.75. The van der Waals surface area contributed by atoms with Crippen molar-refractivity contribution in [1.29, 1.82) is 0 Å². The van der Waals surface area contributed by atoms with Crippen molar-refractivity contribution < 1.29 is 13.2 Å². The quantitative estimate of drug-likeness (QED) is 0.827. The van der Waals surface area contributed by atoms with Crippen LogP contribution in [-0.4, -0.2) is 44.3 Å². The van der Waals surface area contributed by atoms with E-state index in [4.69, 9.17) is 0 Å². The zero-order chi connectivity index (χ0) is 13.1. The fourth-order valence-corrected chi connectivity index (χ4v) is 2.71. The highest BCUT2D eigenvalue weighted by Crippen LogP contribution is 2.32. The first-order chi connectivity index (χ1) is 7.71. The minimum atomic E-state index is -4.10. The molecule has 1 saturated heterocycles. The Bertz CT molecular complexity index is 232. The maximum atomic E-state index is 12.3. The first-order valence-corrected chi connectivity index (χ1v) is 6.17. The molecular weight excluding hydrogens is 229 g/mol. The van der Waals surface area contributed by atoms with E-state index in [1.54, 1.807) is 7.05 Å². The molecule has 0 aromatic heterocycles. The number of hydrogen-bond donors (Lipinski definition) is 1. The highest BCUT2D eigenvalue weighted by atomic mass is 19.4. The predicted molar refractivity (Wildman–Crippen MR) is 62.9 cm³/mol. The molecule has 17 heavy (non-hydrogen) atoms. The summed E-state index contributed by atoms with van der Waals surface area (Å²) in [5.41, 5.74) is -0.0760. The number of alkyl halides is 3. The third-order valence-corrected chi connectivity index (χ3v) is 3.53. The lowest BCUT2D eigenvalue weighted by Crippen LogP contribution is -2.45. The molecular formula is C12H23F3N2. The highest BCUT2D eigenvalue weighted by Gasteiger charge is 2.35. The summed E-state index contributed by atoms with van der Waals surface area (Å²) in [4.78, 5) is 1.38. The van der Waals surface area contributed by atoms with Gasteiger partial charge in [0.25, 0.3) is 0 Å². The van der Waals surface area contributed by atoms with Crippen LogP contribution in [0.15, 0.2) is 0 Å². The molecule has 0 amide bonds. The number of halogens is 3. The maximum absolute atomic E-state index is 12.3. The van der Waals surface area contributed by atoms with E-state index < -0.39 is 12.7 Å². The van der Waals surface area contributed by atoms with Crippen LogP contribution in [0, 0.1) is 11.3 Å². The van der Waals surface area contributed by atoms with Crippen molar-refractivity contribution in [3.05, 3.63) is 0 Å². The smallest absolute Gasteiger partial charge is 0.316 e. The van der Waals surface area contributed by atoms with Crippen molar-refractivity contribution in [3.8, 4) is 0 Å². The molecule has 0 spiro atoms. The van der Waals surface area contributed by atoms with Gasteiger partial charge < -0.3 is 5.32 Å². The van der Waals surface area contributed by atoms with Gasteiger partial charge in [-0.05, 0) is 44.3 Å². The van der Waals surface area contributed by atoms with Crippen molar-refractivity contribution >= 4 is 0 Å². The molecule has 2 nitrogen and oxygen atoms in total. The Morgan fingerprint density at radius 3 is 2.35 bits per heavy atom. The van der Waals surface area contributed by atoms with E-state index in [0.29, 0.717) is 12.5 Å². The van der Waals surface area contributed by atoms with Gasteiger partial charge in [-0.15, -0.1) is 0 Å². The normalized spacial score (nSPS) is 23.1. The topological polar surface area (TPSA) is 15.3 Å². The van der Waals surface area contributed by atoms with Crippen molar-refractivity contribution in [2.24, 2.45) is 11.3 Å². The summed E-state index contributed by atoms with van der Waals surface area (Å²) >= 11 is 0. The molecule has 1 fully saturated rings. The number of rotatable bonds is 4. The lowest BCUT2D eigenvalue weighted by molar-refractivity contribution is -0.146. The molecule has 1 heterocycles.